The van der Waals surface area contributed by atoms with E-state index in [0.29, 0.717) is 39.0 Å². The molecule has 7 heteroatoms. The molecule has 0 aliphatic rings. The third-order valence-electron chi connectivity index (χ3n) is 2.90. The molecular formula is C15H11Cl2N3OS. The Morgan fingerprint density at radius 3 is 2.55 bits per heavy atom. The average Bonchev–Trinajstić information content (AvgIpc) is 3.00. The molecule has 0 saturated heterocycles. The standard InChI is InChI=1S/C15H11Cl2N3OS/c16-11-4-3-5-12(17)10(11)8-22-9-14-19-15(20-21-14)13-6-1-2-7-18-13/h1-7H,8-9H2. The molecule has 0 spiro atoms. The van der Waals surface area contributed by atoms with Crippen LogP contribution in [-0.2, 0) is 11.5 Å². The second-order valence-electron chi connectivity index (χ2n) is 4.42. The largest absolute Gasteiger partial charge is 0.338 e. The molecule has 0 N–H and O–H groups in total. The van der Waals surface area contributed by atoms with E-state index in [1.165, 1.54) is 0 Å². The van der Waals surface area contributed by atoms with Crippen LogP contribution in [0.1, 0.15) is 11.5 Å². The van der Waals surface area contributed by atoms with Gasteiger partial charge in [-0.05, 0) is 29.8 Å². The van der Waals surface area contributed by atoms with E-state index in [2.05, 4.69) is 15.1 Å². The molecule has 0 aliphatic carbocycles. The quantitative estimate of drug-likeness (QED) is 0.656. The van der Waals surface area contributed by atoms with Crippen LogP contribution in [0.3, 0.4) is 0 Å². The summed E-state index contributed by atoms with van der Waals surface area (Å²) in [4.78, 5) is 8.52. The normalized spacial score (nSPS) is 10.8. The highest BCUT2D eigenvalue weighted by Crippen LogP contribution is 2.29. The molecule has 3 rings (SSSR count). The molecule has 0 amide bonds. The Kier molecular flexibility index (Phi) is 4.97. The minimum atomic E-state index is 0.493. The Hall–Kier alpha value is -1.56. The van der Waals surface area contributed by atoms with Crippen LogP contribution < -0.4 is 0 Å². The number of pyridine rings is 1. The summed E-state index contributed by atoms with van der Waals surface area (Å²) in [7, 11) is 0. The molecular weight excluding hydrogens is 341 g/mol. The minimum absolute atomic E-state index is 0.493. The summed E-state index contributed by atoms with van der Waals surface area (Å²) >= 11 is 13.9. The number of thioether (sulfide) groups is 1. The molecule has 2 heterocycles. The van der Waals surface area contributed by atoms with Gasteiger partial charge in [-0.3, -0.25) is 4.98 Å². The van der Waals surface area contributed by atoms with Crippen molar-refractivity contribution in [1.29, 1.82) is 0 Å². The van der Waals surface area contributed by atoms with Crippen LogP contribution in [-0.4, -0.2) is 15.1 Å². The molecule has 0 aliphatic heterocycles. The van der Waals surface area contributed by atoms with Crippen LogP contribution in [0.4, 0.5) is 0 Å². The van der Waals surface area contributed by atoms with Gasteiger partial charge in [0.1, 0.15) is 5.69 Å². The first kappa shape index (κ1) is 15.3. The SMILES string of the molecule is Clc1cccc(Cl)c1CSCc1nc(-c2ccccn2)no1. The zero-order chi connectivity index (χ0) is 15.4. The topological polar surface area (TPSA) is 51.8 Å². The maximum atomic E-state index is 6.14. The maximum Gasteiger partial charge on any atom is 0.237 e. The van der Waals surface area contributed by atoms with E-state index in [-0.39, 0.29) is 0 Å². The van der Waals surface area contributed by atoms with Crippen molar-refractivity contribution in [2.75, 3.05) is 0 Å². The van der Waals surface area contributed by atoms with Crippen LogP contribution in [0, 0.1) is 0 Å². The summed E-state index contributed by atoms with van der Waals surface area (Å²) in [5, 5.41) is 5.27. The fourth-order valence-electron chi connectivity index (χ4n) is 1.82. The zero-order valence-electron chi connectivity index (χ0n) is 11.4. The molecule has 1 aromatic carbocycles. The number of hydrogen-bond donors (Lipinski definition) is 0. The van der Waals surface area contributed by atoms with Crippen molar-refractivity contribution in [3.05, 3.63) is 64.1 Å². The highest BCUT2D eigenvalue weighted by molar-refractivity contribution is 7.97. The van der Waals surface area contributed by atoms with Crippen molar-refractivity contribution >= 4 is 35.0 Å². The van der Waals surface area contributed by atoms with Crippen molar-refractivity contribution in [2.24, 2.45) is 0 Å². The second kappa shape index (κ2) is 7.13. The first-order valence-corrected chi connectivity index (χ1v) is 8.40. The van der Waals surface area contributed by atoms with Gasteiger partial charge in [-0.25, -0.2) is 0 Å². The number of benzene rings is 1. The molecule has 0 bridgehead atoms. The fourth-order valence-corrected chi connectivity index (χ4v) is 3.42. The van der Waals surface area contributed by atoms with Crippen molar-refractivity contribution in [3.8, 4) is 11.5 Å². The van der Waals surface area contributed by atoms with Crippen LogP contribution >= 0.6 is 35.0 Å². The Morgan fingerprint density at radius 1 is 1.00 bits per heavy atom. The first-order chi connectivity index (χ1) is 10.7. The van der Waals surface area contributed by atoms with E-state index >= 15 is 0 Å². The molecule has 0 atom stereocenters. The second-order valence-corrected chi connectivity index (χ2v) is 6.22. The number of rotatable bonds is 5. The third kappa shape index (κ3) is 3.61. The molecule has 0 unspecified atom stereocenters. The van der Waals surface area contributed by atoms with Gasteiger partial charge in [-0.15, -0.1) is 11.8 Å². The van der Waals surface area contributed by atoms with Crippen LogP contribution in [0.15, 0.2) is 47.1 Å². The van der Waals surface area contributed by atoms with Gasteiger partial charge in [0.05, 0.1) is 5.75 Å². The molecule has 3 aromatic rings. The fraction of sp³-hybridized carbons (Fsp3) is 0.133. The summed E-state index contributed by atoms with van der Waals surface area (Å²) in [6.07, 6.45) is 1.69. The highest BCUT2D eigenvalue weighted by atomic mass is 35.5. The average molecular weight is 352 g/mol. The van der Waals surface area contributed by atoms with Crippen LogP contribution in [0.5, 0.6) is 0 Å². The minimum Gasteiger partial charge on any atom is -0.338 e. The van der Waals surface area contributed by atoms with Crippen molar-refractivity contribution in [3.63, 3.8) is 0 Å². The molecule has 4 nitrogen and oxygen atoms in total. The Balaban J connectivity index is 1.62. The maximum absolute atomic E-state index is 6.14. The molecule has 0 fully saturated rings. The van der Waals surface area contributed by atoms with Crippen molar-refractivity contribution in [2.45, 2.75) is 11.5 Å². The van der Waals surface area contributed by atoms with E-state index in [1.807, 2.05) is 36.4 Å². The zero-order valence-corrected chi connectivity index (χ0v) is 13.7. The van der Waals surface area contributed by atoms with E-state index < -0.39 is 0 Å². The number of aromatic nitrogens is 3. The summed E-state index contributed by atoms with van der Waals surface area (Å²) in [6.45, 7) is 0. The first-order valence-electron chi connectivity index (χ1n) is 6.48. The van der Waals surface area contributed by atoms with Gasteiger partial charge in [-0.1, -0.05) is 40.5 Å². The van der Waals surface area contributed by atoms with Gasteiger partial charge in [0.15, 0.2) is 0 Å². The highest BCUT2D eigenvalue weighted by Gasteiger charge is 2.11. The van der Waals surface area contributed by atoms with Gasteiger partial charge in [0, 0.05) is 22.0 Å². The number of halogens is 2. The molecule has 2 aromatic heterocycles. The van der Waals surface area contributed by atoms with E-state index in [0.717, 1.165) is 5.56 Å². The lowest BCUT2D eigenvalue weighted by molar-refractivity contribution is 0.391. The monoisotopic (exact) mass is 351 g/mol. The number of nitrogens with zero attached hydrogens (tertiary/aromatic N) is 3. The van der Waals surface area contributed by atoms with Crippen LogP contribution in [0.2, 0.25) is 10.0 Å². The lowest BCUT2D eigenvalue weighted by atomic mass is 10.2. The Labute approximate surface area is 141 Å². The smallest absolute Gasteiger partial charge is 0.237 e. The predicted molar refractivity (Wildman–Crippen MR) is 89.0 cm³/mol. The van der Waals surface area contributed by atoms with Crippen LogP contribution in [0.25, 0.3) is 11.5 Å². The van der Waals surface area contributed by atoms with Gasteiger partial charge in [0.25, 0.3) is 0 Å². The van der Waals surface area contributed by atoms with Gasteiger partial charge in [-0.2, -0.15) is 4.98 Å². The van der Waals surface area contributed by atoms with E-state index in [9.17, 15) is 0 Å². The van der Waals surface area contributed by atoms with Crippen molar-refractivity contribution in [1.82, 2.24) is 15.1 Å². The Morgan fingerprint density at radius 2 is 1.82 bits per heavy atom. The Bertz CT molecular complexity index is 744. The molecule has 0 radical (unpaired) electrons. The molecule has 22 heavy (non-hydrogen) atoms. The third-order valence-corrected chi connectivity index (χ3v) is 4.55. The lowest BCUT2D eigenvalue weighted by Crippen LogP contribution is -1.87. The van der Waals surface area contributed by atoms with Gasteiger partial charge < -0.3 is 4.52 Å². The summed E-state index contributed by atoms with van der Waals surface area (Å²) < 4.78 is 5.23. The van der Waals surface area contributed by atoms with E-state index in [4.69, 9.17) is 27.7 Å². The van der Waals surface area contributed by atoms with Gasteiger partial charge >= 0.3 is 0 Å². The summed E-state index contributed by atoms with van der Waals surface area (Å²) in [5.41, 5.74) is 1.61. The molecule has 112 valence electrons. The number of hydrogen-bond acceptors (Lipinski definition) is 5. The van der Waals surface area contributed by atoms with E-state index in [1.54, 1.807) is 18.0 Å². The molecule has 0 saturated carbocycles. The van der Waals surface area contributed by atoms with Gasteiger partial charge in [0.2, 0.25) is 11.7 Å². The summed E-state index contributed by atoms with van der Waals surface area (Å²) in [6, 6.07) is 11.0. The lowest BCUT2D eigenvalue weighted by Gasteiger charge is -2.05. The summed E-state index contributed by atoms with van der Waals surface area (Å²) in [5.74, 6) is 2.31. The van der Waals surface area contributed by atoms with Crippen molar-refractivity contribution < 1.29 is 4.52 Å². The predicted octanol–water partition coefficient (Wildman–Crippen LogP) is 4.87.